The minimum absolute atomic E-state index is 0.210. The first kappa shape index (κ1) is 17.5. The minimum Gasteiger partial charge on any atom is -0.342 e. The van der Waals surface area contributed by atoms with Crippen LogP contribution in [-0.2, 0) is 4.79 Å². The molecular weight excluding hydrogens is 248 g/mol. The van der Waals surface area contributed by atoms with Gasteiger partial charge in [0.15, 0.2) is 0 Å². The van der Waals surface area contributed by atoms with Gasteiger partial charge >= 0.3 is 0 Å². The molecule has 0 aromatic carbocycles. The average molecular weight is 282 g/mol. The molecule has 1 saturated heterocycles. The highest BCUT2D eigenvalue weighted by molar-refractivity contribution is 5.76. The monoisotopic (exact) mass is 282 g/mol. The van der Waals surface area contributed by atoms with E-state index in [9.17, 15) is 4.79 Å². The van der Waals surface area contributed by atoms with E-state index in [0.29, 0.717) is 30.2 Å². The highest BCUT2D eigenvalue weighted by atomic mass is 16.2. The maximum Gasteiger partial charge on any atom is 0.222 e. The summed E-state index contributed by atoms with van der Waals surface area (Å²) in [6.07, 6.45) is 2.93. The van der Waals surface area contributed by atoms with Crippen LogP contribution in [0.4, 0.5) is 0 Å². The summed E-state index contributed by atoms with van der Waals surface area (Å²) >= 11 is 0. The fraction of sp³-hybridized carbons (Fsp3) is 0.941. The van der Waals surface area contributed by atoms with Crippen molar-refractivity contribution < 1.29 is 4.79 Å². The van der Waals surface area contributed by atoms with Crippen molar-refractivity contribution in [2.45, 2.75) is 66.8 Å². The molecule has 20 heavy (non-hydrogen) atoms. The first-order valence-electron chi connectivity index (χ1n) is 8.30. The van der Waals surface area contributed by atoms with E-state index in [4.69, 9.17) is 0 Å². The summed E-state index contributed by atoms with van der Waals surface area (Å²) in [7, 11) is 0. The van der Waals surface area contributed by atoms with Crippen LogP contribution in [0.2, 0.25) is 0 Å². The molecule has 0 saturated carbocycles. The van der Waals surface area contributed by atoms with Gasteiger partial charge in [-0.05, 0) is 30.2 Å². The van der Waals surface area contributed by atoms with Gasteiger partial charge in [0, 0.05) is 25.6 Å². The number of piperidine rings is 1. The van der Waals surface area contributed by atoms with Crippen LogP contribution in [0.15, 0.2) is 0 Å². The maximum absolute atomic E-state index is 12.5. The lowest BCUT2D eigenvalue weighted by atomic mass is 9.79. The van der Waals surface area contributed by atoms with Crippen LogP contribution in [0.5, 0.6) is 0 Å². The van der Waals surface area contributed by atoms with Crippen LogP contribution in [-0.4, -0.2) is 36.5 Å². The molecule has 0 spiro atoms. The molecule has 1 heterocycles. The quantitative estimate of drug-likeness (QED) is 0.839. The minimum atomic E-state index is 0.210. The van der Waals surface area contributed by atoms with Gasteiger partial charge in [-0.2, -0.15) is 0 Å². The van der Waals surface area contributed by atoms with Crippen LogP contribution in [0.1, 0.15) is 60.8 Å². The van der Waals surface area contributed by atoms with Gasteiger partial charge in [-0.15, -0.1) is 0 Å². The van der Waals surface area contributed by atoms with E-state index < -0.39 is 0 Å². The second-order valence-corrected chi connectivity index (χ2v) is 7.43. The fourth-order valence-corrected chi connectivity index (χ4v) is 2.90. The Morgan fingerprint density at radius 1 is 1.35 bits per heavy atom. The van der Waals surface area contributed by atoms with E-state index in [2.05, 4.69) is 51.8 Å². The third kappa shape index (κ3) is 4.76. The Kier molecular flexibility index (Phi) is 6.50. The van der Waals surface area contributed by atoms with Gasteiger partial charge in [0.05, 0.1) is 0 Å². The summed E-state index contributed by atoms with van der Waals surface area (Å²) in [5.41, 5.74) is 0.210. The van der Waals surface area contributed by atoms with Crippen molar-refractivity contribution in [2.75, 3.05) is 19.6 Å². The Labute approximate surface area is 125 Å². The molecule has 0 radical (unpaired) electrons. The summed E-state index contributed by atoms with van der Waals surface area (Å²) in [6.45, 7) is 16.1. The second kappa shape index (κ2) is 7.44. The zero-order valence-electron chi connectivity index (χ0n) is 14.3. The van der Waals surface area contributed by atoms with Crippen LogP contribution < -0.4 is 5.32 Å². The molecule has 3 nitrogen and oxygen atoms in total. The molecule has 1 aliphatic heterocycles. The third-order valence-electron chi connectivity index (χ3n) is 5.04. The van der Waals surface area contributed by atoms with Crippen LogP contribution >= 0.6 is 0 Å². The number of carbonyl (C=O) groups excluding carboxylic acids is 1. The predicted octanol–water partition coefficient (Wildman–Crippen LogP) is 3.30. The number of hydrogen-bond donors (Lipinski definition) is 1. The summed E-state index contributed by atoms with van der Waals surface area (Å²) in [6, 6.07) is 0.592. The average Bonchev–Trinajstić information content (AvgIpc) is 2.38. The van der Waals surface area contributed by atoms with Crippen molar-refractivity contribution in [3.63, 3.8) is 0 Å². The molecule has 1 N–H and O–H groups in total. The van der Waals surface area contributed by atoms with Gasteiger partial charge in [-0.25, -0.2) is 0 Å². The van der Waals surface area contributed by atoms with E-state index in [1.54, 1.807) is 0 Å². The number of hydrogen-bond acceptors (Lipinski definition) is 2. The Balaban J connectivity index is 2.55. The number of carbonyl (C=O) groups is 1. The topological polar surface area (TPSA) is 32.3 Å². The van der Waals surface area contributed by atoms with E-state index in [-0.39, 0.29) is 5.41 Å². The van der Waals surface area contributed by atoms with Crippen molar-refractivity contribution in [1.29, 1.82) is 0 Å². The van der Waals surface area contributed by atoms with Crippen molar-refractivity contribution in [3.05, 3.63) is 0 Å². The number of nitrogens with zero attached hydrogens (tertiary/aromatic N) is 1. The van der Waals surface area contributed by atoms with E-state index >= 15 is 0 Å². The summed E-state index contributed by atoms with van der Waals surface area (Å²) in [5, 5.41) is 3.57. The lowest BCUT2D eigenvalue weighted by molar-refractivity contribution is -0.135. The standard InChI is InChI=1S/C17H34N2O/c1-7-14-12-19(10-9-15(14)18-8-2)16(20)11-13(3)17(4,5)6/h13-15,18H,7-12H2,1-6H3. The molecule has 1 fully saturated rings. The molecular formula is C17H34N2O. The first-order chi connectivity index (χ1) is 9.29. The zero-order chi connectivity index (χ0) is 15.3. The molecule has 0 aromatic rings. The van der Waals surface area contributed by atoms with E-state index in [1.807, 2.05) is 0 Å². The second-order valence-electron chi connectivity index (χ2n) is 7.43. The number of likely N-dealkylation sites (tertiary alicyclic amines) is 1. The molecule has 1 aliphatic rings. The zero-order valence-corrected chi connectivity index (χ0v) is 14.3. The van der Waals surface area contributed by atoms with Gasteiger partial charge in [0.2, 0.25) is 5.91 Å². The fourth-order valence-electron chi connectivity index (χ4n) is 2.90. The number of rotatable bonds is 5. The van der Waals surface area contributed by atoms with Crippen LogP contribution in [0.3, 0.4) is 0 Å². The first-order valence-corrected chi connectivity index (χ1v) is 8.30. The van der Waals surface area contributed by atoms with Gasteiger partial charge in [0.1, 0.15) is 0 Å². The van der Waals surface area contributed by atoms with E-state index in [1.165, 1.54) is 0 Å². The van der Waals surface area contributed by atoms with Gasteiger partial charge in [0.25, 0.3) is 0 Å². The molecule has 1 rings (SSSR count). The molecule has 0 bridgehead atoms. The van der Waals surface area contributed by atoms with Gasteiger partial charge in [-0.1, -0.05) is 48.0 Å². The summed E-state index contributed by atoms with van der Waals surface area (Å²) in [5.74, 6) is 1.39. The Morgan fingerprint density at radius 3 is 2.50 bits per heavy atom. The Bertz CT molecular complexity index is 309. The molecule has 0 aromatic heterocycles. The van der Waals surface area contributed by atoms with Crippen LogP contribution in [0, 0.1) is 17.3 Å². The Morgan fingerprint density at radius 2 is 2.00 bits per heavy atom. The SMILES string of the molecule is CCNC1CCN(C(=O)CC(C)C(C)(C)C)CC1CC. The highest BCUT2D eigenvalue weighted by Gasteiger charge is 2.31. The van der Waals surface area contributed by atoms with Crippen LogP contribution in [0.25, 0.3) is 0 Å². The van der Waals surface area contributed by atoms with Crippen molar-refractivity contribution in [3.8, 4) is 0 Å². The van der Waals surface area contributed by atoms with Crippen molar-refractivity contribution in [2.24, 2.45) is 17.3 Å². The lowest BCUT2D eigenvalue weighted by Gasteiger charge is -2.39. The summed E-state index contributed by atoms with van der Waals surface area (Å²) < 4.78 is 0. The molecule has 118 valence electrons. The van der Waals surface area contributed by atoms with E-state index in [0.717, 1.165) is 32.5 Å². The van der Waals surface area contributed by atoms with Crippen molar-refractivity contribution in [1.82, 2.24) is 10.2 Å². The maximum atomic E-state index is 12.5. The molecule has 3 unspecified atom stereocenters. The highest BCUT2D eigenvalue weighted by Crippen LogP contribution is 2.29. The lowest BCUT2D eigenvalue weighted by Crippen LogP contribution is -2.51. The molecule has 3 atom stereocenters. The predicted molar refractivity (Wildman–Crippen MR) is 85.7 cm³/mol. The van der Waals surface area contributed by atoms with Gasteiger partial charge in [-0.3, -0.25) is 4.79 Å². The largest absolute Gasteiger partial charge is 0.342 e. The number of nitrogens with one attached hydrogen (secondary N) is 1. The van der Waals surface area contributed by atoms with Gasteiger partial charge < -0.3 is 10.2 Å². The number of amides is 1. The van der Waals surface area contributed by atoms with Crippen molar-refractivity contribution >= 4 is 5.91 Å². The molecule has 1 amide bonds. The third-order valence-corrected chi connectivity index (χ3v) is 5.04. The molecule has 0 aliphatic carbocycles. The normalized spacial score (nSPS) is 25.6. The smallest absolute Gasteiger partial charge is 0.222 e. The Hall–Kier alpha value is -0.570. The summed E-state index contributed by atoms with van der Waals surface area (Å²) in [4.78, 5) is 14.6. The molecule has 3 heteroatoms.